The van der Waals surface area contributed by atoms with Crippen LogP contribution in [-0.4, -0.2) is 41.1 Å². The minimum atomic E-state index is -0.657. The summed E-state index contributed by atoms with van der Waals surface area (Å²) in [4.78, 5) is 24.3. The number of amides is 1. The molecular weight excluding hydrogens is 310 g/mol. The smallest absolute Gasteiger partial charge is 0.272 e. The number of H-pyrrole nitrogens is 1. The van der Waals surface area contributed by atoms with Crippen LogP contribution in [0.5, 0.6) is 0 Å². The maximum absolute atomic E-state index is 12.5. The van der Waals surface area contributed by atoms with Crippen LogP contribution in [0.15, 0.2) is 29.1 Å². The number of rotatable bonds is 3. The molecule has 2 heterocycles. The summed E-state index contributed by atoms with van der Waals surface area (Å²) >= 11 is 0. The van der Waals surface area contributed by atoms with Crippen LogP contribution in [-0.2, 0) is 20.7 Å². The number of nitrogens with one attached hydrogen (secondary N) is 2. The predicted octanol–water partition coefficient (Wildman–Crippen LogP) is 0.877. The van der Waals surface area contributed by atoms with Crippen LogP contribution in [0.25, 0.3) is 10.8 Å². The third-order valence-corrected chi connectivity index (χ3v) is 4.76. The summed E-state index contributed by atoms with van der Waals surface area (Å²) in [7, 11) is 0. The Morgan fingerprint density at radius 2 is 2.04 bits per heavy atom. The van der Waals surface area contributed by atoms with E-state index in [0.29, 0.717) is 29.7 Å². The molecule has 1 aliphatic heterocycles. The second kappa shape index (κ2) is 5.99. The number of fused-ring (bicyclic) bond motifs is 1. The number of ether oxygens (including phenoxy) is 2. The van der Waals surface area contributed by atoms with Gasteiger partial charge < -0.3 is 14.8 Å². The molecule has 24 heavy (non-hydrogen) atoms. The highest BCUT2D eigenvalue weighted by molar-refractivity contribution is 5.88. The molecular formula is C17H19N3O4. The van der Waals surface area contributed by atoms with Crippen molar-refractivity contribution in [2.75, 3.05) is 13.2 Å². The number of hydrogen-bond acceptors (Lipinski definition) is 5. The van der Waals surface area contributed by atoms with E-state index >= 15 is 0 Å². The number of benzene rings is 1. The van der Waals surface area contributed by atoms with E-state index in [-0.39, 0.29) is 23.9 Å². The van der Waals surface area contributed by atoms with Gasteiger partial charge in [-0.05, 0) is 18.9 Å². The molecule has 2 fully saturated rings. The molecule has 1 aliphatic carbocycles. The molecule has 7 heteroatoms. The molecule has 1 aromatic carbocycles. The van der Waals surface area contributed by atoms with Crippen LogP contribution < -0.4 is 10.9 Å². The van der Waals surface area contributed by atoms with E-state index in [1.54, 1.807) is 18.2 Å². The van der Waals surface area contributed by atoms with Crippen molar-refractivity contribution in [3.05, 3.63) is 40.3 Å². The standard InChI is InChI=1S/C17H19N3O4/c21-15(18-14-6-3-7-17(14)23-8-9-24-17)10-13-11-4-1-2-5-12(11)16(22)20-19-13/h1-2,4-5,14H,3,6-10H2,(H,18,21)(H,20,22). The quantitative estimate of drug-likeness (QED) is 0.872. The Bertz CT molecular complexity index is 820. The highest BCUT2D eigenvalue weighted by atomic mass is 16.7. The lowest BCUT2D eigenvalue weighted by Crippen LogP contribution is -2.50. The first-order chi connectivity index (χ1) is 11.7. The van der Waals surface area contributed by atoms with Gasteiger partial charge in [0.05, 0.1) is 36.8 Å². The predicted molar refractivity (Wildman–Crippen MR) is 86.5 cm³/mol. The molecule has 1 amide bonds. The fraction of sp³-hybridized carbons (Fsp3) is 0.471. The molecule has 1 saturated carbocycles. The van der Waals surface area contributed by atoms with Crippen LogP contribution in [0.3, 0.4) is 0 Å². The van der Waals surface area contributed by atoms with Crippen molar-refractivity contribution < 1.29 is 14.3 Å². The first kappa shape index (κ1) is 15.3. The average Bonchev–Trinajstić information content (AvgIpc) is 3.22. The second-order valence-corrected chi connectivity index (χ2v) is 6.24. The minimum absolute atomic E-state index is 0.101. The largest absolute Gasteiger partial charge is 0.348 e. The molecule has 2 N–H and O–H groups in total. The molecule has 1 saturated heterocycles. The van der Waals surface area contributed by atoms with Crippen molar-refractivity contribution in [1.29, 1.82) is 0 Å². The number of hydrogen-bond donors (Lipinski definition) is 2. The number of aromatic nitrogens is 2. The first-order valence-corrected chi connectivity index (χ1v) is 8.21. The van der Waals surface area contributed by atoms with Gasteiger partial charge in [-0.3, -0.25) is 9.59 Å². The molecule has 1 spiro atoms. The van der Waals surface area contributed by atoms with Gasteiger partial charge in [-0.2, -0.15) is 5.10 Å². The molecule has 2 aromatic rings. The lowest BCUT2D eigenvalue weighted by atomic mass is 10.1. The monoisotopic (exact) mass is 329 g/mol. The maximum atomic E-state index is 12.5. The van der Waals surface area contributed by atoms with Crippen LogP contribution in [0.4, 0.5) is 0 Å². The van der Waals surface area contributed by atoms with E-state index in [2.05, 4.69) is 15.5 Å². The lowest BCUT2D eigenvalue weighted by molar-refractivity contribution is -0.169. The van der Waals surface area contributed by atoms with E-state index < -0.39 is 5.79 Å². The summed E-state index contributed by atoms with van der Waals surface area (Å²) in [5.74, 6) is -0.805. The van der Waals surface area contributed by atoms with Gasteiger partial charge in [0.2, 0.25) is 5.91 Å². The van der Waals surface area contributed by atoms with Crippen molar-refractivity contribution in [2.24, 2.45) is 0 Å². The summed E-state index contributed by atoms with van der Waals surface area (Å²) in [5.41, 5.74) is 0.306. The zero-order chi connectivity index (χ0) is 16.6. The molecule has 0 radical (unpaired) electrons. The number of nitrogens with zero attached hydrogens (tertiary/aromatic N) is 1. The van der Waals surface area contributed by atoms with Crippen molar-refractivity contribution >= 4 is 16.7 Å². The summed E-state index contributed by atoms with van der Waals surface area (Å²) in [6, 6.07) is 7.01. The Balaban J connectivity index is 1.53. The van der Waals surface area contributed by atoms with Gasteiger partial charge in [-0.1, -0.05) is 18.2 Å². The summed E-state index contributed by atoms with van der Waals surface area (Å²) in [6.07, 6.45) is 2.71. The van der Waals surface area contributed by atoms with Crippen molar-refractivity contribution in [2.45, 2.75) is 37.5 Å². The SMILES string of the molecule is O=C(Cc1n[nH]c(=O)c2ccccc12)NC1CCCC12OCCO2. The number of carbonyl (C=O) groups excluding carboxylic acids is 1. The summed E-state index contributed by atoms with van der Waals surface area (Å²) in [5, 5.41) is 10.8. The fourth-order valence-corrected chi connectivity index (χ4v) is 3.65. The van der Waals surface area contributed by atoms with Gasteiger partial charge >= 0.3 is 0 Å². The van der Waals surface area contributed by atoms with Crippen molar-refractivity contribution in [3.63, 3.8) is 0 Å². The Labute approximate surface area is 138 Å². The Morgan fingerprint density at radius 1 is 1.29 bits per heavy atom. The topological polar surface area (TPSA) is 93.3 Å². The van der Waals surface area contributed by atoms with E-state index in [0.717, 1.165) is 19.3 Å². The van der Waals surface area contributed by atoms with Gasteiger partial charge in [0.1, 0.15) is 0 Å². The summed E-state index contributed by atoms with van der Waals surface area (Å²) in [6.45, 7) is 1.14. The molecule has 1 aromatic heterocycles. The van der Waals surface area contributed by atoms with Gasteiger partial charge in [-0.15, -0.1) is 0 Å². The minimum Gasteiger partial charge on any atom is -0.348 e. The highest BCUT2D eigenvalue weighted by Gasteiger charge is 2.48. The lowest BCUT2D eigenvalue weighted by Gasteiger charge is -2.29. The van der Waals surface area contributed by atoms with Gasteiger partial charge in [-0.25, -0.2) is 5.10 Å². The molecule has 0 bridgehead atoms. The van der Waals surface area contributed by atoms with Gasteiger partial charge in [0, 0.05) is 11.8 Å². The van der Waals surface area contributed by atoms with E-state index in [9.17, 15) is 9.59 Å². The van der Waals surface area contributed by atoms with Gasteiger partial charge in [0.15, 0.2) is 5.79 Å². The van der Waals surface area contributed by atoms with Crippen LogP contribution in [0.1, 0.15) is 25.0 Å². The van der Waals surface area contributed by atoms with Crippen LogP contribution >= 0.6 is 0 Å². The molecule has 1 unspecified atom stereocenters. The Morgan fingerprint density at radius 3 is 2.83 bits per heavy atom. The normalized spacial score (nSPS) is 22.2. The molecule has 126 valence electrons. The number of aromatic amines is 1. The van der Waals surface area contributed by atoms with Crippen molar-refractivity contribution in [3.8, 4) is 0 Å². The van der Waals surface area contributed by atoms with Crippen LogP contribution in [0, 0.1) is 0 Å². The Kier molecular flexibility index (Phi) is 3.82. The second-order valence-electron chi connectivity index (χ2n) is 6.24. The van der Waals surface area contributed by atoms with E-state index in [1.807, 2.05) is 6.07 Å². The van der Waals surface area contributed by atoms with E-state index in [1.165, 1.54) is 0 Å². The Hall–Kier alpha value is -2.25. The first-order valence-electron chi connectivity index (χ1n) is 8.21. The zero-order valence-corrected chi connectivity index (χ0v) is 13.2. The fourth-order valence-electron chi connectivity index (χ4n) is 3.65. The van der Waals surface area contributed by atoms with E-state index in [4.69, 9.17) is 9.47 Å². The molecule has 1 atom stereocenters. The van der Waals surface area contributed by atoms with Crippen molar-refractivity contribution in [1.82, 2.24) is 15.5 Å². The average molecular weight is 329 g/mol. The van der Waals surface area contributed by atoms with Gasteiger partial charge in [0.25, 0.3) is 5.56 Å². The zero-order valence-electron chi connectivity index (χ0n) is 13.2. The summed E-state index contributed by atoms with van der Waals surface area (Å²) < 4.78 is 11.5. The molecule has 2 aliphatic rings. The molecule has 4 rings (SSSR count). The maximum Gasteiger partial charge on any atom is 0.272 e. The highest BCUT2D eigenvalue weighted by Crippen LogP contribution is 2.37. The molecule has 7 nitrogen and oxygen atoms in total. The third kappa shape index (κ3) is 2.59. The third-order valence-electron chi connectivity index (χ3n) is 4.76. The van der Waals surface area contributed by atoms with Crippen LogP contribution in [0.2, 0.25) is 0 Å². The number of carbonyl (C=O) groups is 1.